The van der Waals surface area contributed by atoms with Crippen LogP contribution in [-0.2, 0) is 23.8 Å². The van der Waals surface area contributed by atoms with E-state index in [9.17, 15) is 27.2 Å². The van der Waals surface area contributed by atoms with Gasteiger partial charge in [0.25, 0.3) is 5.91 Å². The van der Waals surface area contributed by atoms with Crippen molar-refractivity contribution in [2.75, 3.05) is 10.6 Å². The van der Waals surface area contributed by atoms with Gasteiger partial charge in [0, 0.05) is 23.9 Å². The highest BCUT2D eigenvalue weighted by Crippen LogP contribution is 2.37. The van der Waals surface area contributed by atoms with E-state index in [1.807, 2.05) is 0 Å². The molecule has 0 saturated heterocycles. The van der Waals surface area contributed by atoms with Crippen LogP contribution >= 0.6 is 0 Å². The number of benzene rings is 2. The first kappa shape index (κ1) is 21.5. The van der Waals surface area contributed by atoms with E-state index in [1.54, 1.807) is 0 Å². The number of hydrogen-bond donors (Lipinski definition) is 2. The van der Waals surface area contributed by atoms with Crippen molar-refractivity contribution >= 4 is 23.2 Å². The number of fused-ring (bicyclic) bond motifs is 1. The zero-order valence-corrected chi connectivity index (χ0v) is 16.9. The van der Waals surface area contributed by atoms with Crippen LogP contribution in [0.25, 0.3) is 5.69 Å². The highest BCUT2D eigenvalue weighted by molar-refractivity contribution is 6.05. The van der Waals surface area contributed by atoms with E-state index in [-0.39, 0.29) is 11.4 Å². The molecule has 0 unspecified atom stereocenters. The molecular weight excluding hydrogens is 428 g/mol. The predicted molar refractivity (Wildman–Crippen MR) is 109 cm³/mol. The van der Waals surface area contributed by atoms with Crippen molar-refractivity contribution < 1.29 is 27.2 Å². The molecule has 3 aromatic rings. The molecule has 166 valence electrons. The number of carbonyl (C=O) groups excluding carboxylic acids is 2. The summed E-state index contributed by atoms with van der Waals surface area (Å²) in [5.41, 5.74) is 0.449. The first-order chi connectivity index (χ1) is 15.1. The number of aromatic nitrogens is 2. The van der Waals surface area contributed by atoms with Gasteiger partial charge in [0.15, 0.2) is 5.69 Å². The Morgan fingerprint density at radius 3 is 2.41 bits per heavy atom. The van der Waals surface area contributed by atoms with Gasteiger partial charge in [-0.15, -0.1) is 0 Å². The third-order valence-electron chi connectivity index (χ3n) is 5.11. The highest BCUT2D eigenvalue weighted by atomic mass is 19.4. The van der Waals surface area contributed by atoms with Gasteiger partial charge in [-0.1, -0.05) is 0 Å². The molecule has 2 amide bonds. The van der Waals surface area contributed by atoms with Crippen molar-refractivity contribution in [1.29, 1.82) is 0 Å². The third kappa shape index (κ3) is 4.20. The second kappa shape index (κ2) is 8.10. The molecule has 2 N–H and O–H groups in total. The van der Waals surface area contributed by atoms with Crippen molar-refractivity contribution in [3.63, 3.8) is 0 Å². The van der Waals surface area contributed by atoms with Crippen LogP contribution in [0.4, 0.5) is 28.9 Å². The lowest BCUT2D eigenvalue weighted by molar-refractivity contribution is -0.137. The van der Waals surface area contributed by atoms with Crippen molar-refractivity contribution in [2.24, 2.45) is 0 Å². The van der Waals surface area contributed by atoms with E-state index in [4.69, 9.17) is 0 Å². The Morgan fingerprint density at radius 2 is 1.75 bits per heavy atom. The second-order valence-corrected chi connectivity index (χ2v) is 7.41. The zero-order chi connectivity index (χ0) is 23.0. The van der Waals surface area contributed by atoms with Crippen LogP contribution in [0.15, 0.2) is 42.5 Å². The Hall–Kier alpha value is -3.69. The maximum Gasteiger partial charge on any atom is 0.418 e. The van der Waals surface area contributed by atoms with Gasteiger partial charge in [0.2, 0.25) is 5.91 Å². The van der Waals surface area contributed by atoms with E-state index in [0.29, 0.717) is 24.1 Å². The Morgan fingerprint density at radius 1 is 1.03 bits per heavy atom. The summed E-state index contributed by atoms with van der Waals surface area (Å²) >= 11 is 0. The summed E-state index contributed by atoms with van der Waals surface area (Å²) in [6, 6.07) is 8.69. The smallest absolute Gasteiger partial charge is 0.326 e. The lowest BCUT2D eigenvalue weighted by Crippen LogP contribution is -2.19. The quantitative estimate of drug-likeness (QED) is 0.569. The van der Waals surface area contributed by atoms with E-state index in [2.05, 4.69) is 15.7 Å². The van der Waals surface area contributed by atoms with Gasteiger partial charge in [-0.3, -0.25) is 9.59 Å². The average molecular weight is 446 g/mol. The number of nitrogens with one attached hydrogen (secondary N) is 2. The summed E-state index contributed by atoms with van der Waals surface area (Å²) in [6.45, 7) is 1.18. The van der Waals surface area contributed by atoms with Crippen LogP contribution in [-0.4, -0.2) is 21.6 Å². The summed E-state index contributed by atoms with van der Waals surface area (Å²) < 4.78 is 55.6. The SMILES string of the molecule is CC(=O)Nc1ccc(NC(=O)c2nn(-c3ccc(F)cc3)c3c2CCC3)c(C(F)(F)F)c1. The minimum atomic E-state index is -4.76. The van der Waals surface area contributed by atoms with Crippen LogP contribution in [0, 0.1) is 5.82 Å². The average Bonchev–Trinajstić information content (AvgIpc) is 3.31. The minimum absolute atomic E-state index is 0.0286. The maximum atomic E-state index is 13.6. The molecule has 4 rings (SSSR count). The third-order valence-corrected chi connectivity index (χ3v) is 5.11. The molecule has 0 saturated carbocycles. The second-order valence-electron chi connectivity index (χ2n) is 7.41. The number of amides is 2. The molecule has 6 nitrogen and oxygen atoms in total. The van der Waals surface area contributed by atoms with Gasteiger partial charge in [-0.25, -0.2) is 9.07 Å². The molecule has 32 heavy (non-hydrogen) atoms. The van der Waals surface area contributed by atoms with Gasteiger partial charge in [-0.05, 0) is 61.7 Å². The summed E-state index contributed by atoms with van der Waals surface area (Å²) in [4.78, 5) is 24.1. The molecule has 0 spiro atoms. The monoisotopic (exact) mass is 446 g/mol. The normalized spacial score (nSPS) is 13.0. The number of anilines is 2. The van der Waals surface area contributed by atoms with Crippen LogP contribution in [0.1, 0.15) is 40.7 Å². The standard InChI is InChI=1S/C22H18F4N4O2/c1-12(31)27-14-7-10-18(17(11-14)22(24,25)26)28-21(32)20-16-3-2-4-19(16)30(29-20)15-8-5-13(23)6-9-15/h5-11H,2-4H2,1H3,(H,27,31)(H,28,32). The lowest BCUT2D eigenvalue weighted by atomic mass is 10.1. The molecule has 0 atom stereocenters. The zero-order valence-electron chi connectivity index (χ0n) is 16.9. The van der Waals surface area contributed by atoms with E-state index >= 15 is 0 Å². The molecule has 1 aromatic heterocycles. The molecular formula is C22H18F4N4O2. The summed E-state index contributed by atoms with van der Waals surface area (Å²) in [7, 11) is 0. The highest BCUT2D eigenvalue weighted by Gasteiger charge is 2.35. The molecule has 0 aliphatic heterocycles. The Bertz CT molecular complexity index is 1200. The number of alkyl halides is 3. The first-order valence-corrected chi connectivity index (χ1v) is 9.80. The fourth-order valence-electron chi connectivity index (χ4n) is 3.77. The fraction of sp³-hybridized carbons (Fsp3) is 0.227. The number of hydrogen-bond acceptors (Lipinski definition) is 3. The lowest BCUT2D eigenvalue weighted by Gasteiger charge is -2.15. The Balaban J connectivity index is 1.69. The van der Waals surface area contributed by atoms with Crippen LogP contribution in [0.2, 0.25) is 0 Å². The van der Waals surface area contributed by atoms with Gasteiger partial charge in [-0.2, -0.15) is 18.3 Å². The summed E-state index contributed by atoms with van der Waals surface area (Å²) in [6.07, 6.45) is -2.78. The molecule has 0 bridgehead atoms. The van der Waals surface area contributed by atoms with Gasteiger partial charge < -0.3 is 10.6 Å². The van der Waals surface area contributed by atoms with Crippen molar-refractivity contribution in [3.05, 3.63) is 70.8 Å². The van der Waals surface area contributed by atoms with E-state index < -0.39 is 35.1 Å². The first-order valence-electron chi connectivity index (χ1n) is 9.80. The molecule has 0 radical (unpaired) electrons. The topological polar surface area (TPSA) is 76.0 Å². The Labute approximate surface area is 180 Å². The van der Waals surface area contributed by atoms with E-state index in [0.717, 1.165) is 24.2 Å². The van der Waals surface area contributed by atoms with Crippen LogP contribution < -0.4 is 10.6 Å². The summed E-state index contributed by atoms with van der Waals surface area (Å²) in [5, 5.41) is 8.93. The van der Waals surface area contributed by atoms with Gasteiger partial charge in [0.1, 0.15) is 5.82 Å². The van der Waals surface area contributed by atoms with Gasteiger partial charge >= 0.3 is 6.18 Å². The molecule has 10 heteroatoms. The van der Waals surface area contributed by atoms with Crippen molar-refractivity contribution in [2.45, 2.75) is 32.4 Å². The van der Waals surface area contributed by atoms with Crippen molar-refractivity contribution in [3.8, 4) is 5.69 Å². The molecule has 1 aliphatic rings. The molecule has 1 aliphatic carbocycles. The largest absolute Gasteiger partial charge is 0.418 e. The fourth-order valence-corrected chi connectivity index (χ4v) is 3.77. The van der Waals surface area contributed by atoms with E-state index in [1.165, 1.54) is 41.9 Å². The predicted octanol–water partition coefficient (Wildman–Crippen LogP) is 4.73. The minimum Gasteiger partial charge on any atom is -0.326 e. The number of rotatable bonds is 4. The number of nitrogens with zero attached hydrogens (tertiary/aromatic N) is 2. The molecule has 0 fully saturated rings. The number of halogens is 4. The van der Waals surface area contributed by atoms with Crippen LogP contribution in [0.3, 0.4) is 0 Å². The summed E-state index contributed by atoms with van der Waals surface area (Å²) in [5.74, 6) is -1.71. The molecule has 1 heterocycles. The maximum absolute atomic E-state index is 13.6. The number of carbonyl (C=O) groups is 2. The van der Waals surface area contributed by atoms with Gasteiger partial charge in [0.05, 0.1) is 16.9 Å². The Kier molecular flexibility index (Phi) is 5.45. The molecule has 2 aromatic carbocycles. The van der Waals surface area contributed by atoms with Crippen LogP contribution in [0.5, 0.6) is 0 Å². The van der Waals surface area contributed by atoms with Crippen molar-refractivity contribution in [1.82, 2.24) is 9.78 Å².